The van der Waals surface area contributed by atoms with Gasteiger partial charge in [0, 0.05) is 19.6 Å². The lowest BCUT2D eigenvalue weighted by molar-refractivity contribution is -0.0907. The number of H-pyrrole nitrogens is 1. The molecule has 3 heterocycles. The third-order valence-electron chi connectivity index (χ3n) is 8.35. The van der Waals surface area contributed by atoms with E-state index in [0.29, 0.717) is 30.6 Å². The number of hydrogen-bond acceptors (Lipinski definition) is 11. The Morgan fingerprint density at radius 3 is 2.61 bits per heavy atom. The van der Waals surface area contributed by atoms with E-state index in [1.165, 1.54) is 22.5 Å². The van der Waals surface area contributed by atoms with E-state index in [1.54, 1.807) is 0 Å². The molecule has 4 N–H and O–H groups in total. The molecule has 2 aromatic carbocycles. The molecule has 5 rings (SSSR count). The number of aromatic amines is 1. The number of benzene rings is 2. The molecule has 0 spiro atoms. The van der Waals surface area contributed by atoms with Gasteiger partial charge in [-0.2, -0.15) is 4.31 Å². The van der Waals surface area contributed by atoms with Gasteiger partial charge >= 0.3 is 12.2 Å². The predicted octanol–water partition coefficient (Wildman–Crippen LogP) is 2.78. The smallest absolute Gasteiger partial charge is 0.414 e. The molecule has 0 aliphatic carbocycles. The van der Waals surface area contributed by atoms with Gasteiger partial charge in [0.25, 0.3) is 0 Å². The minimum Gasteiger partial charge on any atom is -0.448 e. The highest BCUT2D eigenvalue weighted by molar-refractivity contribution is 7.89. The normalized spacial score (nSPS) is 20.4. The highest BCUT2D eigenvalue weighted by Crippen LogP contribution is 2.33. The van der Waals surface area contributed by atoms with Crippen LogP contribution < -0.4 is 10.6 Å². The van der Waals surface area contributed by atoms with E-state index in [1.807, 2.05) is 63.2 Å². The zero-order chi connectivity index (χ0) is 35.1. The fourth-order valence-corrected chi connectivity index (χ4v) is 7.50. The maximum absolute atomic E-state index is 14.1. The van der Waals surface area contributed by atoms with Crippen molar-refractivity contribution in [1.82, 2.24) is 24.5 Å². The molecule has 2 aliphatic heterocycles. The molecule has 0 radical (unpaired) electrons. The van der Waals surface area contributed by atoms with Crippen LogP contribution in [-0.4, -0.2) is 123 Å². The molecular weight excluding hydrogens is 656 g/mol. The van der Waals surface area contributed by atoms with E-state index >= 15 is 0 Å². The van der Waals surface area contributed by atoms with E-state index < -0.39 is 46.7 Å². The Hall–Kier alpha value is -3.80. The van der Waals surface area contributed by atoms with Crippen LogP contribution in [0, 0.1) is 11.8 Å². The summed E-state index contributed by atoms with van der Waals surface area (Å²) in [5.74, 6) is -0.0340. The molecule has 16 heteroatoms. The average molecular weight is 703 g/mol. The maximum Gasteiger partial charge on any atom is 0.414 e. The van der Waals surface area contributed by atoms with Gasteiger partial charge in [-0.3, -0.25) is 5.32 Å². The molecule has 0 saturated carbocycles. The van der Waals surface area contributed by atoms with Gasteiger partial charge in [-0.05, 0) is 56.6 Å². The zero-order valence-electron chi connectivity index (χ0n) is 28.2. The summed E-state index contributed by atoms with van der Waals surface area (Å²) in [7, 11) is -0.425. The van der Waals surface area contributed by atoms with Gasteiger partial charge in [-0.1, -0.05) is 44.2 Å². The number of alkyl carbamates (subject to hydrolysis) is 1. The van der Waals surface area contributed by atoms with Gasteiger partial charge in [-0.15, -0.1) is 0 Å². The fourth-order valence-electron chi connectivity index (χ4n) is 5.85. The molecule has 3 aromatic rings. The number of likely N-dealkylation sites (N-methyl/N-ethyl adjacent to an activating group) is 1. The fraction of sp³-hybridized carbons (Fsp3) is 0.545. The van der Waals surface area contributed by atoms with Crippen LogP contribution in [0.25, 0.3) is 11.0 Å². The number of aliphatic hydroxyl groups excluding tert-OH is 1. The van der Waals surface area contributed by atoms with Crippen molar-refractivity contribution >= 4 is 39.2 Å². The lowest BCUT2D eigenvalue weighted by Gasteiger charge is -2.31. The topological polar surface area (TPSA) is 185 Å². The van der Waals surface area contributed by atoms with Gasteiger partial charge in [0.2, 0.25) is 16.0 Å². The molecule has 2 fully saturated rings. The first kappa shape index (κ1) is 36.5. The molecule has 15 nitrogen and oxygen atoms in total. The van der Waals surface area contributed by atoms with Gasteiger partial charge in [0.1, 0.15) is 12.7 Å². The number of anilines is 1. The van der Waals surface area contributed by atoms with Crippen LogP contribution in [0.3, 0.4) is 0 Å². The van der Waals surface area contributed by atoms with Crippen LogP contribution in [-0.2, 0) is 35.4 Å². The van der Waals surface area contributed by atoms with Crippen molar-refractivity contribution < 1.29 is 42.1 Å². The van der Waals surface area contributed by atoms with Gasteiger partial charge in [-0.25, -0.2) is 23.0 Å². The molecular formula is C33H46N6O9S. The monoisotopic (exact) mass is 702 g/mol. The van der Waals surface area contributed by atoms with Crippen molar-refractivity contribution in [3.63, 3.8) is 0 Å². The quantitative estimate of drug-likeness (QED) is 0.183. The summed E-state index contributed by atoms with van der Waals surface area (Å²) in [6.07, 6.45) is -2.65. The largest absolute Gasteiger partial charge is 0.448 e. The van der Waals surface area contributed by atoms with E-state index in [0.717, 1.165) is 5.56 Å². The number of nitrogens with zero attached hydrogens (tertiary/aromatic N) is 3. The third-order valence-corrected chi connectivity index (χ3v) is 10.2. The number of amides is 2. The van der Waals surface area contributed by atoms with E-state index in [2.05, 4.69) is 20.6 Å². The second-order valence-electron chi connectivity index (χ2n) is 13.0. The molecule has 49 heavy (non-hydrogen) atoms. The number of nitrogens with one attached hydrogen (secondary N) is 3. The average Bonchev–Trinajstić information content (AvgIpc) is 3.77. The molecule has 5 atom stereocenters. The third kappa shape index (κ3) is 9.67. The number of rotatable bonds is 15. The molecule has 2 saturated heterocycles. The summed E-state index contributed by atoms with van der Waals surface area (Å²) in [4.78, 5) is 34.4. The summed E-state index contributed by atoms with van der Waals surface area (Å²) < 4.78 is 51.4. The standard InChI is InChI=1S/C33H46N6O9S/c1-21(2)18-39(49(43,44)23-10-11-25-26(17-23)35-31(34-25)37-32(41)46-15-13-38(3)4)19-28(40)27(16-22-8-6-5-7-9-22)36-33(42)48-29-20-47-30-24(29)12-14-45-30/h5-11,17,21,24,27-30,40H,12-16,18-20H2,1-4H3,(H,36,42)(H2,34,35,37,41)/t24-,27-,28+,29-,30+/m0/s1. The minimum absolute atomic E-state index is 0.0295. The summed E-state index contributed by atoms with van der Waals surface area (Å²) in [5.41, 5.74) is 1.66. The number of aliphatic hydroxyl groups is 1. The lowest BCUT2D eigenvalue weighted by Crippen LogP contribution is -2.51. The Labute approximate surface area is 286 Å². The Balaban J connectivity index is 1.31. The number of hydrogen-bond donors (Lipinski definition) is 4. The van der Waals surface area contributed by atoms with E-state index in [-0.39, 0.29) is 55.4 Å². The first-order valence-corrected chi connectivity index (χ1v) is 17.8. The Morgan fingerprint density at radius 1 is 1.10 bits per heavy atom. The van der Waals surface area contributed by atoms with Crippen LogP contribution >= 0.6 is 0 Å². The molecule has 1 aromatic heterocycles. The SMILES string of the molecule is CC(C)CN(C[C@@H](O)[C@H](Cc1ccccc1)NC(=O)O[C@H]1CO[C@H]2OCC[C@H]21)S(=O)(=O)c1ccc2nc(NC(=O)OCCN(C)C)[nH]c2c1. The molecule has 0 unspecified atom stereocenters. The van der Waals surface area contributed by atoms with Crippen molar-refractivity contribution in [2.75, 3.05) is 58.9 Å². The maximum atomic E-state index is 14.1. The second-order valence-corrected chi connectivity index (χ2v) is 15.0. The van der Waals surface area contributed by atoms with Crippen molar-refractivity contribution in [1.29, 1.82) is 0 Å². The van der Waals surface area contributed by atoms with E-state index in [4.69, 9.17) is 18.9 Å². The molecule has 268 valence electrons. The van der Waals surface area contributed by atoms with Crippen LogP contribution in [0.1, 0.15) is 25.8 Å². The summed E-state index contributed by atoms with van der Waals surface area (Å²) in [6, 6.07) is 12.8. The summed E-state index contributed by atoms with van der Waals surface area (Å²) in [6.45, 7) is 5.06. The highest BCUT2D eigenvalue weighted by atomic mass is 32.2. The number of carbonyl (C=O) groups excluding carboxylic acids is 2. The predicted molar refractivity (Wildman–Crippen MR) is 180 cm³/mol. The zero-order valence-corrected chi connectivity index (χ0v) is 29.0. The Bertz CT molecular complexity index is 1670. The van der Waals surface area contributed by atoms with Crippen LogP contribution in [0.2, 0.25) is 0 Å². The van der Waals surface area contributed by atoms with Crippen molar-refractivity contribution in [2.45, 2.75) is 56.1 Å². The second kappa shape index (κ2) is 16.3. The van der Waals surface area contributed by atoms with Crippen LogP contribution in [0.5, 0.6) is 0 Å². The number of fused-ring (bicyclic) bond motifs is 2. The number of sulfonamides is 1. The molecule has 2 aliphatic rings. The Kier molecular flexibility index (Phi) is 12.1. The summed E-state index contributed by atoms with van der Waals surface area (Å²) in [5, 5.41) is 16.9. The summed E-state index contributed by atoms with van der Waals surface area (Å²) >= 11 is 0. The van der Waals surface area contributed by atoms with Crippen molar-refractivity contribution in [3.8, 4) is 0 Å². The van der Waals surface area contributed by atoms with Crippen molar-refractivity contribution in [2.24, 2.45) is 11.8 Å². The number of carbonyl (C=O) groups is 2. The number of aromatic nitrogens is 2. The molecule has 0 bridgehead atoms. The van der Waals surface area contributed by atoms with Gasteiger partial charge < -0.3 is 39.3 Å². The van der Waals surface area contributed by atoms with Crippen LogP contribution in [0.4, 0.5) is 15.5 Å². The molecule has 2 amide bonds. The van der Waals surface area contributed by atoms with Gasteiger partial charge in [0.15, 0.2) is 6.29 Å². The highest BCUT2D eigenvalue weighted by Gasteiger charge is 2.44. The van der Waals surface area contributed by atoms with Crippen molar-refractivity contribution in [3.05, 3.63) is 54.1 Å². The minimum atomic E-state index is -4.15. The Morgan fingerprint density at radius 2 is 1.88 bits per heavy atom. The van der Waals surface area contributed by atoms with Gasteiger partial charge in [0.05, 0.1) is 47.2 Å². The first-order chi connectivity index (χ1) is 23.4. The lowest BCUT2D eigenvalue weighted by atomic mass is 10.0. The van der Waals surface area contributed by atoms with Crippen LogP contribution in [0.15, 0.2) is 53.4 Å². The first-order valence-electron chi connectivity index (χ1n) is 16.4. The number of imidazole rings is 1. The van der Waals surface area contributed by atoms with E-state index in [9.17, 15) is 23.1 Å². The number of ether oxygens (including phenoxy) is 4.